The van der Waals surface area contributed by atoms with E-state index in [2.05, 4.69) is 28.1 Å². The Labute approximate surface area is 189 Å². The normalized spacial score (nSPS) is 16.0. The summed E-state index contributed by atoms with van der Waals surface area (Å²) in [4.78, 5) is 26.3. The molecule has 0 spiro atoms. The van der Waals surface area contributed by atoms with Gasteiger partial charge in [-0.3, -0.25) is 9.59 Å². The smallest absolute Gasteiger partial charge is 0.247 e. The molecule has 2 atom stereocenters. The predicted molar refractivity (Wildman–Crippen MR) is 127 cm³/mol. The van der Waals surface area contributed by atoms with Crippen LogP contribution in [0.2, 0.25) is 0 Å². The number of rotatable bonds is 6. The maximum Gasteiger partial charge on any atom is 0.247 e. The fourth-order valence-electron chi connectivity index (χ4n) is 4.02. The van der Waals surface area contributed by atoms with E-state index in [1.807, 2.05) is 74.5 Å². The summed E-state index contributed by atoms with van der Waals surface area (Å²) in [6, 6.07) is 22.7. The SMILES string of the molecule is Cc1ccc(NC(=O)C(Cc2ccccc2)NC(=O)C2Cc3ccccc3CN2)cc1C. The molecule has 5 nitrogen and oxygen atoms in total. The van der Waals surface area contributed by atoms with Crippen molar-refractivity contribution in [3.05, 3.63) is 101 Å². The van der Waals surface area contributed by atoms with Crippen molar-refractivity contribution in [2.24, 2.45) is 0 Å². The standard InChI is InChI=1S/C27H29N3O2/c1-18-12-13-23(14-19(18)2)29-27(32)25(15-20-8-4-3-5-9-20)30-26(31)24-16-21-10-6-7-11-22(21)17-28-24/h3-14,24-25,28H,15-17H2,1-2H3,(H,29,32)(H,30,31). The van der Waals surface area contributed by atoms with Crippen LogP contribution in [-0.2, 0) is 29.0 Å². The minimum atomic E-state index is -0.675. The number of hydrogen-bond donors (Lipinski definition) is 3. The van der Waals surface area contributed by atoms with Crippen molar-refractivity contribution < 1.29 is 9.59 Å². The molecule has 0 aliphatic carbocycles. The Balaban J connectivity index is 1.49. The topological polar surface area (TPSA) is 70.2 Å². The highest BCUT2D eigenvalue weighted by Crippen LogP contribution is 2.18. The van der Waals surface area contributed by atoms with Gasteiger partial charge in [-0.05, 0) is 60.2 Å². The second-order valence-electron chi connectivity index (χ2n) is 8.45. The third-order valence-electron chi connectivity index (χ3n) is 6.09. The van der Waals surface area contributed by atoms with Crippen molar-refractivity contribution in [3.63, 3.8) is 0 Å². The fourth-order valence-corrected chi connectivity index (χ4v) is 4.02. The zero-order valence-corrected chi connectivity index (χ0v) is 18.5. The lowest BCUT2D eigenvalue weighted by molar-refractivity contribution is -0.128. The molecule has 1 aliphatic heterocycles. The Hall–Kier alpha value is -3.44. The highest BCUT2D eigenvalue weighted by Gasteiger charge is 2.28. The quantitative estimate of drug-likeness (QED) is 0.562. The molecular formula is C27H29N3O2. The van der Waals surface area contributed by atoms with Gasteiger partial charge in [0.25, 0.3) is 0 Å². The van der Waals surface area contributed by atoms with Crippen LogP contribution in [0.4, 0.5) is 5.69 Å². The number of benzene rings is 3. The van der Waals surface area contributed by atoms with Gasteiger partial charge in [0, 0.05) is 18.7 Å². The first-order chi connectivity index (χ1) is 15.5. The summed E-state index contributed by atoms with van der Waals surface area (Å²) in [6.45, 7) is 4.70. The molecule has 5 heteroatoms. The Kier molecular flexibility index (Phi) is 6.66. The molecular weight excluding hydrogens is 398 g/mol. The van der Waals surface area contributed by atoms with Crippen molar-refractivity contribution in [3.8, 4) is 0 Å². The van der Waals surface area contributed by atoms with E-state index < -0.39 is 6.04 Å². The highest BCUT2D eigenvalue weighted by molar-refractivity contribution is 5.98. The number of aryl methyl sites for hydroxylation is 2. The number of anilines is 1. The maximum atomic E-state index is 13.2. The molecule has 0 bridgehead atoms. The average Bonchev–Trinajstić information content (AvgIpc) is 2.81. The van der Waals surface area contributed by atoms with Crippen LogP contribution in [0.25, 0.3) is 0 Å². The number of fused-ring (bicyclic) bond motifs is 1. The maximum absolute atomic E-state index is 13.2. The summed E-state index contributed by atoms with van der Waals surface area (Å²) in [5, 5.41) is 9.28. The summed E-state index contributed by atoms with van der Waals surface area (Å²) >= 11 is 0. The number of carbonyl (C=O) groups excluding carboxylic acids is 2. The molecule has 32 heavy (non-hydrogen) atoms. The lowest BCUT2D eigenvalue weighted by atomic mass is 9.95. The van der Waals surface area contributed by atoms with Crippen LogP contribution in [0.3, 0.4) is 0 Å². The second kappa shape index (κ2) is 9.79. The minimum Gasteiger partial charge on any atom is -0.343 e. The lowest BCUT2D eigenvalue weighted by Crippen LogP contribution is -2.53. The van der Waals surface area contributed by atoms with E-state index in [0.717, 1.165) is 16.8 Å². The second-order valence-corrected chi connectivity index (χ2v) is 8.45. The molecule has 2 unspecified atom stereocenters. The monoisotopic (exact) mass is 427 g/mol. The number of amides is 2. The van der Waals surface area contributed by atoms with E-state index in [4.69, 9.17) is 0 Å². The number of nitrogens with one attached hydrogen (secondary N) is 3. The summed E-state index contributed by atoms with van der Waals surface area (Å²) in [5.41, 5.74) is 6.39. The Morgan fingerprint density at radius 2 is 1.66 bits per heavy atom. The molecule has 0 aromatic heterocycles. The van der Waals surface area contributed by atoms with Crippen molar-refractivity contribution >= 4 is 17.5 Å². The van der Waals surface area contributed by atoms with Gasteiger partial charge in [-0.2, -0.15) is 0 Å². The molecule has 4 rings (SSSR count). The lowest BCUT2D eigenvalue weighted by Gasteiger charge is -2.27. The van der Waals surface area contributed by atoms with Crippen LogP contribution >= 0.6 is 0 Å². The molecule has 0 saturated heterocycles. The predicted octanol–water partition coefficient (Wildman–Crippen LogP) is 3.68. The molecule has 1 aliphatic rings. The molecule has 2 amide bonds. The first-order valence-electron chi connectivity index (χ1n) is 11.0. The van der Waals surface area contributed by atoms with Gasteiger partial charge in [-0.15, -0.1) is 0 Å². The first kappa shape index (κ1) is 21.8. The van der Waals surface area contributed by atoms with E-state index in [1.165, 1.54) is 16.7 Å². The van der Waals surface area contributed by atoms with Crippen LogP contribution in [0, 0.1) is 13.8 Å². The van der Waals surface area contributed by atoms with Gasteiger partial charge in [-0.25, -0.2) is 0 Å². The minimum absolute atomic E-state index is 0.157. The van der Waals surface area contributed by atoms with E-state index in [9.17, 15) is 9.59 Å². The molecule has 0 saturated carbocycles. The van der Waals surface area contributed by atoms with Crippen molar-refractivity contribution in [2.75, 3.05) is 5.32 Å². The largest absolute Gasteiger partial charge is 0.343 e. The summed E-state index contributed by atoms with van der Waals surface area (Å²) in [5.74, 6) is -0.377. The van der Waals surface area contributed by atoms with Crippen LogP contribution in [0.15, 0.2) is 72.8 Å². The zero-order chi connectivity index (χ0) is 22.5. The molecule has 3 aromatic carbocycles. The third-order valence-corrected chi connectivity index (χ3v) is 6.09. The molecule has 1 heterocycles. The Morgan fingerprint density at radius 3 is 2.41 bits per heavy atom. The average molecular weight is 428 g/mol. The third kappa shape index (κ3) is 5.24. The van der Waals surface area contributed by atoms with Crippen molar-refractivity contribution in [1.82, 2.24) is 10.6 Å². The number of hydrogen-bond acceptors (Lipinski definition) is 3. The molecule has 0 radical (unpaired) electrons. The van der Waals surface area contributed by atoms with Gasteiger partial charge in [-0.1, -0.05) is 60.7 Å². The Morgan fingerprint density at radius 1 is 0.938 bits per heavy atom. The number of carbonyl (C=O) groups is 2. The summed E-state index contributed by atoms with van der Waals surface area (Å²) in [6.07, 6.45) is 1.03. The van der Waals surface area contributed by atoms with E-state index >= 15 is 0 Å². The van der Waals surface area contributed by atoms with E-state index in [-0.39, 0.29) is 17.9 Å². The summed E-state index contributed by atoms with van der Waals surface area (Å²) < 4.78 is 0. The van der Waals surface area contributed by atoms with E-state index in [1.54, 1.807) is 0 Å². The van der Waals surface area contributed by atoms with Crippen LogP contribution in [0.5, 0.6) is 0 Å². The van der Waals surface area contributed by atoms with E-state index in [0.29, 0.717) is 19.4 Å². The van der Waals surface area contributed by atoms with Gasteiger partial charge in [0.05, 0.1) is 6.04 Å². The fraction of sp³-hybridized carbons (Fsp3) is 0.259. The molecule has 3 aromatic rings. The highest BCUT2D eigenvalue weighted by atomic mass is 16.2. The van der Waals surface area contributed by atoms with Gasteiger partial charge in [0.1, 0.15) is 6.04 Å². The Bertz CT molecular complexity index is 1110. The van der Waals surface area contributed by atoms with Gasteiger partial charge in [0.15, 0.2) is 0 Å². The summed E-state index contributed by atoms with van der Waals surface area (Å²) in [7, 11) is 0. The van der Waals surface area contributed by atoms with Crippen LogP contribution < -0.4 is 16.0 Å². The van der Waals surface area contributed by atoms with Crippen molar-refractivity contribution in [1.29, 1.82) is 0 Å². The molecule has 0 fully saturated rings. The first-order valence-corrected chi connectivity index (χ1v) is 11.0. The van der Waals surface area contributed by atoms with Crippen LogP contribution in [0.1, 0.15) is 27.8 Å². The van der Waals surface area contributed by atoms with Crippen LogP contribution in [-0.4, -0.2) is 23.9 Å². The van der Waals surface area contributed by atoms with Gasteiger partial charge < -0.3 is 16.0 Å². The van der Waals surface area contributed by atoms with Crippen molar-refractivity contribution in [2.45, 2.75) is 45.3 Å². The van der Waals surface area contributed by atoms with Gasteiger partial charge >= 0.3 is 0 Å². The zero-order valence-electron chi connectivity index (χ0n) is 18.5. The molecule has 3 N–H and O–H groups in total. The molecule has 164 valence electrons. The van der Waals surface area contributed by atoms with Gasteiger partial charge in [0.2, 0.25) is 11.8 Å².